The Labute approximate surface area is 129 Å². The Morgan fingerprint density at radius 2 is 1.86 bits per heavy atom. The summed E-state index contributed by atoms with van der Waals surface area (Å²) in [6.45, 7) is 8.79. The number of hydrogen-bond donors (Lipinski definition) is 1. The van der Waals surface area contributed by atoms with Crippen molar-refractivity contribution in [2.24, 2.45) is 0 Å². The van der Waals surface area contributed by atoms with E-state index in [-0.39, 0.29) is 5.97 Å². The van der Waals surface area contributed by atoms with Gasteiger partial charge in [-0.05, 0) is 46.5 Å². The third-order valence-electron chi connectivity index (χ3n) is 5.13. The molecule has 1 aliphatic heterocycles. The summed E-state index contributed by atoms with van der Waals surface area (Å²) >= 11 is 0. The number of hydrogen-bond acceptors (Lipinski definition) is 4. The SMILES string of the molecule is CCOC(=O)C1(NC2CCCCC2)CCN(C(C)C)CC1. The van der Waals surface area contributed by atoms with Crippen LogP contribution >= 0.6 is 0 Å². The predicted molar refractivity (Wildman–Crippen MR) is 85.3 cm³/mol. The van der Waals surface area contributed by atoms with Crippen molar-refractivity contribution in [1.29, 1.82) is 0 Å². The summed E-state index contributed by atoms with van der Waals surface area (Å²) in [6, 6.07) is 1.05. The molecule has 21 heavy (non-hydrogen) atoms. The molecule has 0 radical (unpaired) electrons. The van der Waals surface area contributed by atoms with E-state index in [0.29, 0.717) is 18.7 Å². The highest BCUT2D eigenvalue weighted by Crippen LogP contribution is 2.28. The molecule has 0 atom stereocenters. The van der Waals surface area contributed by atoms with Crippen molar-refractivity contribution in [2.45, 2.75) is 83.3 Å². The van der Waals surface area contributed by atoms with Gasteiger partial charge < -0.3 is 9.64 Å². The number of nitrogens with zero attached hydrogens (tertiary/aromatic N) is 1. The lowest BCUT2D eigenvalue weighted by atomic mass is 9.84. The van der Waals surface area contributed by atoms with Crippen LogP contribution in [0, 0.1) is 0 Å². The second-order valence-electron chi connectivity index (χ2n) is 6.91. The summed E-state index contributed by atoms with van der Waals surface area (Å²) < 4.78 is 5.40. The Kier molecular flexibility index (Phi) is 6.06. The molecule has 0 unspecified atom stereocenters. The lowest BCUT2D eigenvalue weighted by Gasteiger charge is -2.44. The molecule has 2 aliphatic rings. The summed E-state index contributed by atoms with van der Waals surface area (Å²) in [5, 5.41) is 3.71. The number of carbonyl (C=O) groups is 1. The average Bonchev–Trinajstić information content (AvgIpc) is 2.49. The first kappa shape index (κ1) is 16.8. The molecule has 1 aliphatic carbocycles. The molecule has 0 aromatic rings. The Balaban J connectivity index is 2.02. The molecule has 1 saturated heterocycles. The molecule has 2 fully saturated rings. The minimum atomic E-state index is -0.441. The highest BCUT2D eigenvalue weighted by atomic mass is 16.5. The van der Waals surface area contributed by atoms with Crippen LogP contribution in [0.25, 0.3) is 0 Å². The van der Waals surface area contributed by atoms with E-state index in [4.69, 9.17) is 4.74 Å². The molecule has 4 nitrogen and oxygen atoms in total. The predicted octanol–water partition coefficient (Wildman–Crippen LogP) is 2.71. The van der Waals surface area contributed by atoms with Gasteiger partial charge in [-0.15, -0.1) is 0 Å². The van der Waals surface area contributed by atoms with Crippen LogP contribution < -0.4 is 5.32 Å². The number of likely N-dealkylation sites (tertiary alicyclic amines) is 1. The van der Waals surface area contributed by atoms with Crippen LogP contribution in [0.5, 0.6) is 0 Å². The van der Waals surface area contributed by atoms with E-state index < -0.39 is 5.54 Å². The van der Waals surface area contributed by atoms with Crippen LogP contribution in [0.1, 0.15) is 65.7 Å². The average molecular weight is 296 g/mol. The van der Waals surface area contributed by atoms with Gasteiger partial charge in [0, 0.05) is 25.2 Å². The molecule has 1 heterocycles. The summed E-state index contributed by atoms with van der Waals surface area (Å²) in [5.74, 6) is -0.0287. The minimum Gasteiger partial charge on any atom is -0.465 e. The van der Waals surface area contributed by atoms with E-state index in [0.717, 1.165) is 25.9 Å². The van der Waals surface area contributed by atoms with Crippen molar-refractivity contribution in [3.05, 3.63) is 0 Å². The van der Waals surface area contributed by atoms with Crippen LogP contribution in [0.3, 0.4) is 0 Å². The monoisotopic (exact) mass is 296 g/mol. The largest absolute Gasteiger partial charge is 0.465 e. The zero-order valence-electron chi connectivity index (χ0n) is 14.0. The summed E-state index contributed by atoms with van der Waals surface area (Å²) in [4.78, 5) is 15.0. The lowest BCUT2D eigenvalue weighted by molar-refractivity contribution is -0.154. The first-order valence-corrected chi connectivity index (χ1v) is 8.76. The van der Waals surface area contributed by atoms with Gasteiger partial charge in [-0.3, -0.25) is 10.1 Å². The van der Waals surface area contributed by atoms with Crippen molar-refractivity contribution in [3.8, 4) is 0 Å². The third-order valence-corrected chi connectivity index (χ3v) is 5.13. The van der Waals surface area contributed by atoms with Gasteiger partial charge in [0.15, 0.2) is 0 Å². The lowest BCUT2D eigenvalue weighted by Crippen LogP contribution is -2.62. The Bertz CT molecular complexity index is 330. The molecule has 0 bridgehead atoms. The van der Waals surface area contributed by atoms with Gasteiger partial charge in [-0.1, -0.05) is 19.3 Å². The molecule has 4 heteroatoms. The van der Waals surface area contributed by atoms with Gasteiger partial charge in [0.1, 0.15) is 5.54 Å². The topological polar surface area (TPSA) is 41.6 Å². The van der Waals surface area contributed by atoms with Crippen LogP contribution in [0.15, 0.2) is 0 Å². The van der Waals surface area contributed by atoms with Gasteiger partial charge in [0.2, 0.25) is 0 Å². The van der Waals surface area contributed by atoms with E-state index in [1.165, 1.54) is 32.1 Å². The first-order chi connectivity index (χ1) is 10.1. The van der Waals surface area contributed by atoms with E-state index in [2.05, 4.69) is 24.1 Å². The summed E-state index contributed by atoms with van der Waals surface area (Å²) in [5.41, 5.74) is -0.441. The zero-order chi connectivity index (χ0) is 15.3. The van der Waals surface area contributed by atoms with Crippen molar-refractivity contribution in [3.63, 3.8) is 0 Å². The number of esters is 1. The molecule has 2 rings (SSSR count). The molecule has 1 saturated carbocycles. The summed E-state index contributed by atoms with van der Waals surface area (Å²) in [7, 11) is 0. The van der Waals surface area contributed by atoms with E-state index >= 15 is 0 Å². The second-order valence-corrected chi connectivity index (χ2v) is 6.91. The third kappa shape index (κ3) is 4.19. The molecule has 0 aromatic heterocycles. The molecular formula is C17H32N2O2. The fraction of sp³-hybridized carbons (Fsp3) is 0.941. The van der Waals surface area contributed by atoms with Crippen molar-refractivity contribution in [2.75, 3.05) is 19.7 Å². The molecule has 0 amide bonds. The zero-order valence-corrected chi connectivity index (χ0v) is 14.0. The number of piperidine rings is 1. The number of rotatable bonds is 5. The maximum absolute atomic E-state index is 12.6. The van der Waals surface area contributed by atoms with E-state index in [1.807, 2.05) is 6.92 Å². The fourth-order valence-electron chi connectivity index (χ4n) is 3.74. The Hall–Kier alpha value is -0.610. The summed E-state index contributed by atoms with van der Waals surface area (Å²) in [6.07, 6.45) is 8.07. The van der Waals surface area contributed by atoms with Gasteiger partial charge >= 0.3 is 5.97 Å². The molecule has 122 valence electrons. The molecule has 0 aromatic carbocycles. The first-order valence-electron chi connectivity index (χ1n) is 8.76. The Morgan fingerprint density at radius 1 is 1.24 bits per heavy atom. The van der Waals surface area contributed by atoms with E-state index in [1.54, 1.807) is 0 Å². The number of ether oxygens (including phenoxy) is 1. The molecule has 1 N–H and O–H groups in total. The van der Waals surface area contributed by atoms with Crippen molar-refractivity contribution < 1.29 is 9.53 Å². The van der Waals surface area contributed by atoms with Gasteiger partial charge in [-0.25, -0.2) is 0 Å². The number of nitrogens with one attached hydrogen (secondary N) is 1. The van der Waals surface area contributed by atoms with E-state index in [9.17, 15) is 4.79 Å². The van der Waals surface area contributed by atoms with Gasteiger partial charge in [-0.2, -0.15) is 0 Å². The minimum absolute atomic E-state index is 0.0287. The number of carbonyl (C=O) groups excluding carboxylic acids is 1. The highest BCUT2D eigenvalue weighted by Gasteiger charge is 2.44. The maximum atomic E-state index is 12.6. The Morgan fingerprint density at radius 3 is 2.38 bits per heavy atom. The second kappa shape index (κ2) is 7.59. The fourth-order valence-corrected chi connectivity index (χ4v) is 3.74. The van der Waals surface area contributed by atoms with Crippen LogP contribution in [-0.4, -0.2) is 48.2 Å². The van der Waals surface area contributed by atoms with Crippen LogP contribution in [0.4, 0.5) is 0 Å². The maximum Gasteiger partial charge on any atom is 0.326 e. The standard InChI is InChI=1S/C17H32N2O2/c1-4-21-16(20)17(18-15-8-6-5-7-9-15)10-12-19(13-11-17)14(2)3/h14-15,18H,4-13H2,1-3H3. The van der Waals surface area contributed by atoms with Crippen LogP contribution in [-0.2, 0) is 9.53 Å². The van der Waals surface area contributed by atoms with Crippen molar-refractivity contribution in [1.82, 2.24) is 10.2 Å². The van der Waals surface area contributed by atoms with Crippen molar-refractivity contribution >= 4 is 5.97 Å². The molecule has 0 spiro atoms. The van der Waals surface area contributed by atoms with Gasteiger partial charge in [0.25, 0.3) is 0 Å². The van der Waals surface area contributed by atoms with Crippen LogP contribution in [0.2, 0.25) is 0 Å². The molecular weight excluding hydrogens is 264 g/mol. The normalized spacial score (nSPS) is 24.2. The van der Waals surface area contributed by atoms with Gasteiger partial charge in [0.05, 0.1) is 6.61 Å². The quantitative estimate of drug-likeness (QED) is 0.792. The highest BCUT2D eigenvalue weighted by molar-refractivity contribution is 5.81. The smallest absolute Gasteiger partial charge is 0.326 e.